The second-order valence-corrected chi connectivity index (χ2v) is 6.50. The fraction of sp³-hybridized carbons (Fsp3) is 1.00. The van der Waals surface area contributed by atoms with Crippen LogP contribution in [0, 0.1) is 5.92 Å². The second-order valence-electron chi connectivity index (χ2n) is 4.65. The smallest absolute Gasteiger partial charge is 0.212 e. The van der Waals surface area contributed by atoms with Crippen LogP contribution < -0.4 is 10.0 Å². The fourth-order valence-electron chi connectivity index (χ4n) is 2.24. The van der Waals surface area contributed by atoms with Crippen molar-refractivity contribution in [3.63, 3.8) is 0 Å². The lowest BCUT2D eigenvalue weighted by Crippen LogP contribution is -2.39. The van der Waals surface area contributed by atoms with E-state index in [1.807, 2.05) is 0 Å². The molecule has 6 heteroatoms. The van der Waals surface area contributed by atoms with Gasteiger partial charge in [-0.1, -0.05) is 0 Å². The van der Waals surface area contributed by atoms with Gasteiger partial charge in [0.25, 0.3) is 0 Å². The lowest BCUT2D eigenvalue weighted by atomic mass is 10.2. The van der Waals surface area contributed by atoms with E-state index in [2.05, 4.69) is 10.0 Å². The summed E-state index contributed by atoms with van der Waals surface area (Å²) in [5.74, 6) is 0.383. The van der Waals surface area contributed by atoms with Gasteiger partial charge in [-0.3, -0.25) is 0 Å². The van der Waals surface area contributed by atoms with E-state index >= 15 is 0 Å². The molecule has 2 heterocycles. The highest BCUT2D eigenvalue weighted by molar-refractivity contribution is 7.89. The van der Waals surface area contributed by atoms with Crippen LogP contribution in [-0.2, 0) is 14.8 Å². The zero-order chi connectivity index (χ0) is 11.4. The van der Waals surface area contributed by atoms with E-state index in [0.29, 0.717) is 25.8 Å². The Morgan fingerprint density at radius 1 is 1.38 bits per heavy atom. The van der Waals surface area contributed by atoms with Crippen LogP contribution in [0.5, 0.6) is 0 Å². The van der Waals surface area contributed by atoms with Gasteiger partial charge in [-0.05, 0) is 31.7 Å². The van der Waals surface area contributed by atoms with E-state index in [1.54, 1.807) is 0 Å². The Hall–Kier alpha value is -0.170. The fourth-order valence-corrected chi connectivity index (χ4v) is 3.70. The summed E-state index contributed by atoms with van der Waals surface area (Å²) in [6, 6.07) is 0.314. The Labute approximate surface area is 97.0 Å². The van der Waals surface area contributed by atoms with Gasteiger partial charge in [-0.15, -0.1) is 0 Å². The van der Waals surface area contributed by atoms with Gasteiger partial charge in [0.2, 0.25) is 10.0 Å². The van der Waals surface area contributed by atoms with Crippen LogP contribution in [-0.4, -0.2) is 46.5 Å². The molecule has 2 fully saturated rings. The normalized spacial score (nSPS) is 31.0. The molecule has 0 aliphatic carbocycles. The first kappa shape index (κ1) is 12.3. The minimum atomic E-state index is -3.12. The topological polar surface area (TPSA) is 67.4 Å². The van der Waals surface area contributed by atoms with E-state index in [9.17, 15) is 8.42 Å². The summed E-state index contributed by atoms with van der Waals surface area (Å²) in [5.41, 5.74) is 0. The monoisotopic (exact) mass is 248 g/mol. The summed E-state index contributed by atoms with van der Waals surface area (Å²) in [4.78, 5) is 0. The Balaban J connectivity index is 1.73. The molecule has 5 nitrogen and oxygen atoms in total. The van der Waals surface area contributed by atoms with Crippen molar-refractivity contribution >= 4 is 10.0 Å². The molecule has 0 radical (unpaired) electrons. The van der Waals surface area contributed by atoms with Gasteiger partial charge in [-0.2, -0.15) is 0 Å². The lowest BCUT2D eigenvalue weighted by molar-refractivity contribution is 0.188. The highest BCUT2D eigenvalue weighted by Gasteiger charge is 2.24. The van der Waals surface area contributed by atoms with Crippen LogP contribution >= 0.6 is 0 Å². The average Bonchev–Trinajstić information content (AvgIpc) is 2.85. The molecule has 0 bridgehead atoms. The van der Waals surface area contributed by atoms with Gasteiger partial charge in [0.1, 0.15) is 0 Å². The van der Waals surface area contributed by atoms with E-state index in [-0.39, 0.29) is 11.7 Å². The summed E-state index contributed by atoms with van der Waals surface area (Å²) in [6.07, 6.45) is 3.07. The molecule has 2 aliphatic rings. The van der Waals surface area contributed by atoms with Gasteiger partial charge in [0.05, 0.1) is 12.4 Å². The Bertz CT molecular complexity index is 306. The van der Waals surface area contributed by atoms with Crippen molar-refractivity contribution in [1.29, 1.82) is 0 Å². The standard InChI is InChI=1S/C10H20N2O3S/c13-16(14,8-9-3-5-15-7-9)12-6-10-2-1-4-11-10/h9-12H,1-8H2. The van der Waals surface area contributed by atoms with E-state index in [4.69, 9.17) is 4.74 Å². The van der Waals surface area contributed by atoms with Crippen LogP contribution in [0.15, 0.2) is 0 Å². The highest BCUT2D eigenvalue weighted by Crippen LogP contribution is 2.14. The highest BCUT2D eigenvalue weighted by atomic mass is 32.2. The van der Waals surface area contributed by atoms with Crippen LogP contribution in [0.25, 0.3) is 0 Å². The predicted octanol–water partition coefficient (Wildman–Crippen LogP) is -0.306. The van der Waals surface area contributed by atoms with Gasteiger partial charge in [0.15, 0.2) is 0 Å². The molecule has 2 atom stereocenters. The van der Waals surface area contributed by atoms with Crippen molar-refractivity contribution in [3.05, 3.63) is 0 Å². The number of rotatable bonds is 5. The molecule has 2 saturated heterocycles. The quantitative estimate of drug-likeness (QED) is 0.700. The summed E-state index contributed by atoms with van der Waals surface area (Å²) < 4.78 is 31.4. The summed E-state index contributed by atoms with van der Waals surface area (Å²) >= 11 is 0. The number of sulfonamides is 1. The van der Waals surface area contributed by atoms with E-state index in [1.165, 1.54) is 0 Å². The number of nitrogens with one attached hydrogen (secondary N) is 2. The second kappa shape index (κ2) is 5.44. The summed E-state index contributed by atoms with van der Waals surface area (Å²) in [7, 11) is -3.12. The average molecular weight is 248 g/mol. The molecule has 2 aliphatic heterocycles. The molecular formula is C10H20N2O3S. The molecule has 0 aromatic carbocycles. The minimum absolute atomic E-state index is 0.175. The maximum atomic E-state index is 11.7. The third-order valence-electron chi connectivity index (χ3n) is 3.19. The van der Waals surface area contributed by atoms with Crippen LogP contribution in [0.3, 0.4) is 0 Å². The van der Waals surface area contributed by atoms with Gasteiger partial charge in [-0.25, -0.2) is 13.1 Å². The van der Waals surface area contributed by atoms with Crippen molar-refractivity contribution in [2.45, 2.75) is 25.3 Å². The van der Waals surface area contributed by atoms with Crippen molar-refractivity contribution in [2.24, 2.45) is 5.92 Å². The van der Waals surface area contributed by atoms with Gasteiger partial charge >= 0.3 is 0 Å². The molecule has 0 spiro atoms. The minimum Gasteiger partial charge on any atom is -0.381 e. The number of hydrogen-bond donors (Lipinski definition) is 2. The van der Waals surface area contributed by atoms with Crippen molar-refractivity contribution in [1.82, 2.24) is 10.0 Å². The van der Waals surface area contributed by atoms with Crippen molar-refractivity contribution in [2.75, 3.05) is 32.1 Å². The molecule has 2 N–H and O–H groups in total. The van der Waals surface area contributed by atoms with Crippen LogP contribution in [0.1, 0.15) is 19.3 Å². The number of hydrogen-bond acceptors (Lipinski definition) is 4. The third-order valence-corrected chi connectivity index (χ3v) is 4.71. The third kappa shape index (κ3) is 3.69. The molecule has 0 aromatic heterocycles. The Morgan fingerprint density at radius 2 is 2.25 bits per heavy atom. The first-order valence-corrected chi connectivity index (χ1v) is 7.59. The zero-order valence-electron chi connectivity index (χ0n) is 9.44. The van der Waals surface area contributed by atoms with Gasteiger partial charge in [0, 0.05) is 19.2 Å². The first-order valence-electron chi connectivity index (χ1n) is 5.94. The summed E-state index contributed by atoms with van der Waals surface area (Å²) in [5, 5.41) is 3.27. The van der Waals surface area contributed by atoms with Crippen LogP contribution in [0.2, 0.25) is 0 Å². The SMILES string of the molecule is O=S(=O)(CC1CCOC1)NCC1CCCN1. The molecule has 0 amide bonds. The molecule has 2 unspecified atom stereocenters. The molecule has 0 aromatic rings. The summed E-state index contributed by atoms with van der Waals surface area (Å²) in [6.45, 7) is 2.81. The maximum Gasteiger partial charge on any atom is 0.212 e. The zero-order valence-corrected chi connectivity index (χ0v) is 10.3. The van der Waals surface area contributed by atoms with E-state index < -0.39 is 10.0 Å². The first-order chi connectivity index (χ1) is 7.66. The van der Waals surface area contributed by atoms with Gasteiger partial charge < -0.3 is 10.1 Å². The van der Waals surface area contributed by atoms with Crippen LogP contribution in [0.4, 0.5) is 0 Å². The lowest BCUT2D eigenvalue weighted by Gasteiger charge is -2.13. The van der Waals surface area contributed by atoms with Crippen molar-refractivity contribution < 1.29 is 13.2 Å². The number of ether oxygens (including phenoxy) is 1. The molecule has 0 saturated carbocycles. The predicted molar refractivity (Wildman–Crippen MR) is 61.7 cm³/mol. The largest absolute Gasteiger partial charge is 0.381 e. The van der Waals surface area contributed by atoms with E-state index in [0.717, 1.165) is 25.8 Å². The maximum absolute atomic E-state index is 11.7. The molecular weight excluding hydrogens is 228 g/mol. The Morgan fingerprint density at radius 3 is 2.88 bits per heavy atom. The van der Waals surface area contributed by atoms with Crippen molar-refractivity contribution in [3.8, 4) is 0 Å². The molecule has 2 rings (SSSR count). The Kier molecular flexibility index (Phi) is 4.18. The molecule has 16 heavy (non-hydrogen) atoms. The molecule has 94 valence electrons.